The predicted octanol–water partition coefficient (Wildman–Crippen LogP) is 1.69. The van der Waals surface area contributed by atoms with Crippen molar-refractivity contribution in [2.45, 2.75) is 25.7 Å². The number of aromatic nitrogens is 2. The van der Waals surface area contributed by atoms with Crippen molar-refractivity contribution in [3.63, 3.8) is 0 Å². The van der Waals surface area contributed by atoms with Gasteiger partial charge in [-0.3, -0.25) is 0 Å². The number of hydrogen-bond acceptors (Lipinski definition) is 4. The van der Waals surface area contributed by atoms with E-state index in [1.165, 1.54) is 19.3 Å². The van der Waals surface area contributed by atoms with Gasteiger partial charge in [-0.1, -0.05) is 12.8 Å². The van der Waals surface area contributed by atoms with Crippen LogP contribution in [0.3, 0.4) is 0 Å². The Balaban J connectivity index is 1.84. The van der Waals surface area contributed by atoms with E-state index in [9.17, 15) is 5.11 Å². The van der Waals surface area contributed by atoms with Crippen LogP contribution in [0, 0.1) is 11.8 Å². The SMILES string of the molecule is OCC1CCCCC1CNc1cccnn1. The lowest BCUT2D eigenvalue weighted by molar-refractivity contribution is 0.141. The fourth-order valence-corrected chi connectivity index (χ4v) is 2.43. The van der Waals surface area contributed by atoms with Gasteiger partial charge in [0.25, 0.3) is 0 Å². The van der Waals surface area contributed by atoms with E-state index in [2.05, 4.69) is 15.5 Å². The third kappa shape index (κ3) is 2.92. The summed E-state index contributed by atoms with van der Waals surface area (Å²) in [5.41, 5.74) is 0. The molecule has 0 radical (unpaired) electrons. The Morgan fingerprint density at radius 3 is 2.81 bits per heavy atom. The Bertz CT molecular complexity index is 304. The van der Waals surface area contributed by atoms with Crippen LogP contribution in [0.25, 0.3) is 0 Å². The summed E-state index contributed by atoms with van der Waals surface area (Å²) < 4.78 is 0. The van der Waals surface area contributed by atoms with Crippen molar-refractivity contribution >= 4 is 5.82 Å². The minimum absolute atomic E-state index is 0.312. The molecular formula is C12H19N3O. The van der Waals surface area contributed by atoms with Gasteiger partial charge in [0.15, 0.2) is 0 Å². The molecule has 4 heteroatoms. The highest BCUT2D eigenvalue weighted by atomic mass is 16.3. The summed E-state index contributed by atoms with van der Waals surface area (Å²) in [5.74, 6) is 1.85. The zero-order chi connectivity index (χ0) is 11.2. The van der Waals surface area contributed by atoms with Crippen molar-refractivity contribution in [1.29, 1.82) is 0 Å². The molecule has 1 aliphatic carbocycles. The second kappa shape index (κ2) is 5.80. The van der Waals surface area contributed by atoms with E-state index in [-0.39, 0.29) is 0 Å². The molecule has 0 amide bonds. The zero-order valence-electron chi connectivity index (χ0n) is 9.47. The van der Waals surface area contributed by atoms with Crippen molar-refractivity contribution in [3.8, 4) is 0 Å². The summed E-state index contributed by atoms with van der Waals surface area (Å²) in [6.07, 6.45) is 6.57. The van der Waals surface area contributed by atoms with Gasteiger partial charge in [0.2, 0.25) is 0 Å². The molecule has 1 aromatic rings. The van der Waals surface area contributed by atoms with Gasteiger partial charge in [0.05, 0.1) is 0 Å². The van der Waals surface area contributed by atoms with E-state index in [1.54, 1.807) is 6.20 Å². The van der Waals surface area contributed by atoms with E-state index >= 15 is 0 Å². The number of aliphatic hydroxyl groups excluding tert-OH is 1. The first kappa shape index (κ1) is 11.3. The first-order valence-electron chi connectivity index (χ1n) is 6.02. The highest BCUT2D eigenvalue weighted by Gasteiger charge is 2.24. The van der Waals surface area contributed by atoms with Gasteiger partial charge < -0.3 is 10.4 Å². The standard InChI is InChI=1S/C12H19N3O/c16-9-11-5-2-1-4-10(11)8-13-12-6-3-7-14-15-12/h3,6-7,10-11,16H,1-2,4-5,8-9H2,(H,13,15). The average Bonchev–Trinajstić information content (AvgIpc) is 2.38. The first-order valence-corrected chi connectivity index (χ1v) is 6.02. The van der Waals surface area contributed by atoms with Gasteiger partial charge in [-0.25, -0.2) is 0 Å². The number of nitrogens with one attached hydrogen (secondary N) is 1. The lowest BCUT2D eigenvalue weighted by atomic mass is 9.79. The minimum Gasteiger partial charge on any atom is -0.396 e. The Kier molecular flexibility index (Phi) is 4.10. The molecule has 0 aliphatic heterocycles. The molecular weight excluding hydrogens is 202 g/mol. The maximum Gasteiger partial charge on any atom is 0.148 e. The first-order chi connectivity index (χ1) is 7.90. The van der Waals surface area contributed by atoms with Crippen molar-refractivity contribution < 1.29 is 5.11 Å². The fraction of sp³-hybridized carbons (Fsp3) is 0.667. The van der Waals surface area contributed by atoms with Crippen molar-refractivity contribution in [3.05, 3.63) is 18.3 Å². The summed E-state index contributed by atoms with van der Waals surface area (Å²) in [5, 5.41) is 20.4. The molecule has 1 aliphatic rings. The maximum atomic E-state index is 9.30. The van der Waals surface area contributed by atoms with Crippen LogP contribution in [0.1, 0.15) is 25.7 Å². The number of anilines is 1. The van der Waals surface area contributed by atoms with Crippen molar-refractivity contribution in [1.82, 2.24) is 10.2 Å². The van der Waals surface area contributed by atoms with Crippen LogP contribution >= 0.6 is 0 Å². The van der Waals surface area contributed by atoms with E-state index < -0.39 is 0 Å². The van der Waals surface area contributed by atoms with Crippen molar-refractivity contribution in [2.75, 3.05) is 18.5 Å². The maximum absolute atomic E-state index is 9.30. The van der Waals surface area contributed by atoms with Crippen LogP contribution < -0.4 is 5.32 Å². The molecule has 0 aromatic carbocycles. The number of aliphatic hydroxyl groups is 1. The molecule has 0 spiro atoms. The molecule has 16 heavy (non-hydrogen) atoms. The minimum atomic E-state index is 0.312. The predicted molar refractivity (Wildman–Crippen MR) is 63.1 cm³/mol. The van der Waals surface area contributed by atoms with Gasteiger partial charge in [0, 0.05) is 19.3 Å². The van der Waals surface area contributed by atoms with Gasteiger partial charge >= 0.3 is 0 Å². The number of hydrogen-bond donors (Lipinski definition) is 2. The third-order valence-electron chi connectivity index (χ3n) is 3.42. The second-order valence-electron chi connectivity index (χ2n) is 4.48. The molecule has 1 fully saturated rings. The molecule has 2 N–H and O–H groups in total. The lowest BCUT2D eigenvalue weighted by Gasteiger charge is -2.30. The highest BCUT2D eigenvalue weighted by molar-refractivity contribution is 5.31. The Labute approximate surface area is 96.1 Å². The average molecular weight is 221 g/mol. The highest BCUT2D eigenvalue weighted by Crippen LogP contribution is 2.29. The van der Waals surface area contributed by atoms with Crippen LogP contribution in [0.15, 0.2) is 18.3 Å². The zero-order valence-corrected chi connectivity index (χ0v) is 9.47. The van der Waals surface area contributed by atoms with Gasteiger partial charge in [-0.2, -0.15) is 5.10 Å². The Morgan fingerprint density at radius 1 is 1.31 bits per heavy atom. The molecule has 1 saturated carbocycles. The normalized spacial score (nSPS) is 25.3. The van der Waals surface area contributed by atoms with Crippen LogP contribution in [0.5, 0.6) is 0 Å². The van der Waals surface area contributed by atoms with Crippen molar-refractivity contribution in [2.24, 2.45) is 11.8 Å². The number of rotatable bonds is 4. The summed E-state index contributed by atoms with van der Waals surface area (Å²) in [4.78, 5) is 0. The summed E-state index contributed by atoms with van der Waals surface area (Å²) in [6, 6.07) is 3.80. The van der Waals surface area contributed by atoms with E-state index in [0.717, 1.165) is 18.8 Å². The molecule has 88 valence electrons. The molecule has 0 saturated heterocycles. The second-order valence-corrected chi connectivity index (χ2v) is 4.48. The summed E-state index contributed by atoms with van der Waals surface area (Å²) >= 11 is 0. The topological polar surface area (TPSA) is 58.0 Å². The molecule has 2 unspecified atom stereocenters. The lowest BCUT2D eigenvalue weighted by Crippen LogP contribution is -2.28. The molecule has 2 atom stereocenters. The molecule has 4 nitrogen and oxygen atoms in total. The van der Waals surface area contributed by atoms with E-state index in [4.69, 9.17) is 0 Å². The van der Waals surface area contributed by atoms with E-state index in [0.29, 0.717) is 18.4 Å². The smallest absolute Gasteiger partial charge is 0.148 e. The molecule has 1 aromatic heterocycles. The fourth-order valence-electron chi connectivity index (χ4n) is 2.43. The van der Waals surface area contributed by atoms with E-state index in [1.807, 2.05) is 12.1 Å². The van der Waals surface area contributed by atoms with Crippen LogP contribution in [0.2, 0.25) is 0 Å². The van der Waals surface area contributed by atoms with Gasteiger partial charge in [0.1, 0.15) is 5.82 Å². The Hall–Kier alpha value is -1.16. The molecule has 0 bridgehead atoms. The monoisotopic (exact) mass is 221 g/mol. The number of nitrogens with zero attached hydrogens (tertiary/aromatic N) is 2. The quantitative estimate of drug-likeness (QED) is 0.812. The summed E-state index contributed by atoms with van der Waals surface area (Å²) in [6.45, 7) is 1.21. The van der Waals surface area contributed by atoms with Gasteiger partial charge in [-0.15, -0.1) is 5.10 Å². The van der Waals surface area contributed by atoms with Crippen LogP contribution in [-0.4, -0.2) is 28.5 Å². The van der Waals surface area contributed by atoms with Gasteiger partial charge in [-0.05, 0) is 36.8 Å². The molecule has 1 heterocycles. The third-order valence-corrected chi connectivity index (χ3v) is 3.42. The Morgan fingerprint density at radius 2 is 2.12 bits per heavy atom. The molecule has 2 rings (SSSR count). The largest absolute Gasteiger partial charge is 0.396 e. The van der Waals surface area contributed by atoms with Crippen LogP contribution in [0.4, 0.5) is 5.82 Å². The summed E-state index contributed by atoms with van der Waals surface area (Å²) in [7, 11) is 0. The van der Waals surface area contributed by atoms with Crippen LogP contribution in [-0.2, 0) is 0 Å².